The number of ether oxygens (including phenoxy) is 1. The first-order chi connectivity index (χ1) is 15.8. The smallest absolute Gasteiger partial charge is 0.266 e. The Morgan fingerprint density at radius 2 is 1.73 bits per heavy atom. The summed E-state index contributed by atoms with van der Waals surface area (Å²) in [5.74, 6) is -0.492. The second-order valence-corrected chi connectivity index (χ2v) is 8.29. The normalized spacial score (nSPS) is 10.8. The minimum atomic E-state index is -0.538. The molecule has 0 aromatic heterocycles. The molecule has 0 saturated heterocycles. The zero-order valence-corrected chi connectivity index (χ0v) is 19.8. The third-order valence-corrected chi connectivity index (χ3v) is 5.10. The van der Waals surface area contributed by atoms with Gasteiger partial charge in [0.25, 0.3) is 11.8 Å². The number of hydrogen-bond donors (Lipinski definition) is 2. The lowest BCUT2D eigenvalue weighted by Crippen LogP contribution is -2.20. The Labute approximate surface area is 201 Å². The largest absolute Gasteiger partial charge is 0.483 e. The number of aryl methyl sites for hydroxylation is 2. The van der Waals surface area contributed by atoms with Crippen LogP contribution in [0.25, 0.3) is 6.08 Å². The second-order valence-electron chi connectivity index (χ2n) is 7.38. The van der Waals surface area contributed by atoms with Crippen molar-refractivity contribution in [2.45, 2.75) is 13.8 Å². The van der Waals surface area contributed by atoms with Gasteiger partial charge in [0, 0.05) is 21.4 Å². The molecule has 3 aromatic carbocycles. The molecule has 166 valence electrons. The highest BCUT2D eigenvalue weighted by Crippen LogP contribution is 2.26. The summed E-state index contributed by atoms with van der Waals surface area (Å²) in [6.45, 7) is 3.66. The van der Waals surface area contributed by atoms with E-state index < -0.39 is 5.91 Å². The fourth-order valence-electron chi connectivity index (χ4n) is 2.97. The number of halogens is 1. The summed E-state index contributed by atoms with van der Waals surface area (Å²) in [6, 6.07) is 21.8. The number of amides is 2. The van der Waals surface area contributed by atoms with E-state index in [1.54, 1.807) is 36.4 Å². The van der Waals surface area contributed by atoms with Crippen molar-refractivity contribution in [2.24, 2.45) is 0 Å². The maximum absolute atomic E-state index is 12.6. The van der Waals surface area contributed by atoms with E-state index in [4.69, 9.17) is 4.74 Å². The average Bonchev–Trinajstić information content (AvgIpc) is 2.78. The molecule has 3 rings (SSSR count). The van der Waals surface area contributed by atoms with Crippen LogP contribution in [-0.2, 0) is 9.59 Å². The zero-order chi connectivity index (χ0) is 23.8. The van der Waals surface area contributed by atoms with Gasteiger partial charge < -0.3 is 15.4 Å². The zero-order valence-electron chi connectivity index (χ0n) is 18.2. The second kappa shape index (κ2) is 11.1. The predicted octanol–water partition coefficient (Wildman–Crippen LogP) is 5.63. The number of rotatable bonds is 7. The third-order valence-electron chi connectivity index (χ3n) is 4.61. The van der Waals surface area contributed by atoms with Gasteiger partial charge in [-0.2, -0.15) is 5.26 Å². The standard InChI is InChI=1S/C26H22BrN3O3/c1-17-6-9-22(10-7-17)30-26(32)20(15-28)13-19-14-21(27)8-11-24(19)33-16-25(31)29-23-5-3-4-18(2)12-23/h3-14H,16H2,1-2H3,(H,29,31)(H,30,32)/b20-13+. The molecule has 0 spiro atoms. The van der Waals surface area contributed by atoms with Crippen LogP contribution in [0.4, 0.5) is 11.4 Å². The lowest BCUT2D eigenvalue weighted by Gasteiger charge is -2.11. The van der Waals surface area contributed by atoms with Crippen LogP contribution >= 0.6 is 15.9 Å². The van der Waals surface area contributed by atoms with E-state index >= 15 is 0 Å². The van der Waals surface area contributed by atoms with Crippen LogP contribution < -0.4 is 15.4 Å². The Morgan fingerprint density at radius 3 is 2.42 bits per heavy atom. The molecule has 0 atom stereocenters. The summed E-state index contributed by atoms with van der Waals surface area (Å²) in [5.41, 5.74) is 3.75. The van der Waals surface area contributed by atoms with E-state index in [-0.39, 0.29) is 18.1 Å². The van der Waals surface area contributed by atoms with Crippen molar-refractivity contribution >= 4 is 45.2 Å². The molecule has 3 aromatic rings. The minimum Gasteiger partial charge on any atom is -0.483 e. The van der Waals surface area contributed by atoms with Crippen molar-refractivity contribution in [1.82, 2.24) is 0 Å². The van der Waals surface area contributed by atoms with Crippen LogP contribution in [0.2, 0.25) is 0 Å². The molecular formula is C26H22BrN3O3. The van der Waals surface area contributed by atoms with Crippen molar-refractivity contribution in [3.05, 3.63) is 93.5 Å². The minimum absolute atomic E-state index is 0.0947. The van der Waals surface area contributed by atoms with Gasteiger partial charge in [-0.15, -0.1) is 0 Å². The fourth-order valence-corrected chi connectivity index (χ4v) is 3.34. The predicted molar refractivity (Wildman–Crippen MR) is 133 cm³/mol. The van der Waals surface area contributed by atoms with Crippen LogP contribution in [0.15, 0.2) is 76.8 Å². The Balaban J connectivity index is 1.74. The number of benzene rings is 3. The Hall–Kier alpha value is -3.89. The molecule has 0 aliphatic rings. The molecule has 0 saturated carbocycles. The molecule has 0 aliphatic heterocycles. The maximum atomic E-state index is 12.6. The monoisotopic (exact) mass is 503 g/mol. The number of anilines is 2. The van der Waals surface area contributed by atoms with Crippen LogP contribution in [0, 0.1) is 25.2 Å². The number of nitrogens with zero attached hydrogens (tertiary/aromatic N) is 1. The molecule has 0 bridgehead atoms. The van der Waals surface area contributed by atoms with Crippen LogP contribution in [0.3, 0.4) is 0 Å². The van der Waals surface area contributed by atoms with Crippen LogP contribution in [-0.4, -0.2) is 18.4 Å². The van der Waals surface area contributed by atoms with Crippen LogP contribution in [0.1, 0.15) is 16.7 Å². The molecule has 2 N–H and O–H groups in total. The SMILES string of the molecule is Cc1ccc(NC(=O)/C(C#N)=C/c2cc(Br)ccc2OCC(=O)Nc2cccc(C)c2)cc1. The highest BCUT2D eigenvalue weighted by Gasteiger charge is 2.13. The van der Waals surface area contributed by atoms with Crippen molar-refractivity contribution in [1.29, 1.82) is 5.26 Å². The molecule has 0 heterocycles. The van der Waals surface area contributed by atoms with E-state index in [1.165, 1.54) is 6.08 Å². The molecule has 6 nitrogen and oxygen atoms in total. The topological polar surface area (TPSA) is 91.2 Å². The summed E-state index contributed by atoms with van der Waals surface area (Å²) in [6.07, 6.45) is 1.43. The maximum Gasteiger partial charge on any atom is 0.266 e. The lowest BCUT2D eigenvalue weighted by atomic mass is 10.1. The van der Waals surface area contributed by atoms with Gasteiger partial charge in [0.05, 0.1) is 0 Å². The number of nitrogens with one attached hydrogen (secondary N) is 2. The number of hydrogen-bond acceptors (Lipinski definition) is 4. The van der Waals surface area contributed by atoms with E-state index in [2.05, 4.69) is 26.6 Å². The van der Waals surface area contributed by atoms with Crippen molar-refractivity contribution in [3.63, 3.8) is 0 Å². The number of nitriles is 1. The van der Waals surface area contributed by atoms with Crippen molar-refractivity contribution in [2.75, 3.05) is 17.2 Å². The molecule has 7 heteroatoms. The number of carbonyl (C=O) groups is 2. The van der Waals surface area contributed by atoms with E-state index in [0.717, 1.165) is 15.6 Å². The summed E-state index contributed by atoms with van der Waals surface area (Å²) in [7, 11) is 0. The molecule has 2 amide bonds. The Bertz CT molecular complexity index is 1240. The molecule has 0 unspecified atom stereocenters. The van der Waals surface area contributed by atoms with Gasteiger partial charge in [0.1, 0.15) is 17.4 Å². The Morgan fingerprint density at radius 1 is 0.970 bits per heavy atom. The van der Waals surface area contributed by atoms with Gasteiger partial charge in [-0.25, -0.2) is 0 Å². The average molecular weight is 504 g/mol. The summed E-state index contributed by atoms with van der Waals surface area (Å²) in [5, 5.41) is 15.0. The van der Waals surface area contributed by atoms with Gasteiger partial charge in [-0.3, -0.25) is 9.59 Å². The molecule has 33 heavy (non-hydrogen) atoms. The first kappa shape index (κ1) is 23.8. The first-order valence-corrected chi connectivity index (χ1v) is 10.9. The summed E-state index contributed by atoms with van der Waals surface area (Å²) >= 11 is 3.39. The third kappa shape index (κ3) is 7.06. The lowest BCUT2D eigenvalue weighted by molar-refractivity contribution is -0.118. The van der Waals surface area contributed by atoms with E-state index in [0.29, 0.717) is 22.7 Å². The molecule has 0 radical (unpaired) electrons. The molecule has 0 aliphatic carbocycles. The van der Waals surface area contributed by atoms with E-state index in [1.807, 2.05) is 50.2 Å². The first-order valence-electron chi connectivity index (χ1n) is 10.1. The highest BCUT2D eigenvalue weighted by molar-refractivity contribution is 9.10. The summed E-state index contributed by atoms with van der Waals surface area (Å²) < 4.78 is 6.43. The molecule has 0 fully saturated rings. The van der Waals surface area contributed by atoms with Crippen molar-refractivity contribution in [3.8, 4) is 11.8 Å². The Kier molecular flexibility index (Phi) is 8.01. The quantitative estimate of drug-likeness (QED) is 0.322. The fraction of sp³-hybridized carbons (Fsp3) is 0.115. The van der Waals surface area contributed by atoms with Gasteiger partial charge in [-0.1, -0.05) is 45.8 Å². The molecular weight excluding hydrogens is 482 g/mol. The van der Waals surface area contributed by atoms with Crippen molar-refractivity contribution < 1.29 is 14.3 Å². The number of carbonyl (C=O) groups excluding carboxylic acids is 2. The van der Waals surface area contributed by atoms with Gasteiger partial charge in [0.2, 0.25) is 0 Å². The summed E-state index contributed by atoms with van der Waals surface area (Å²) in [4.78, 5) is 24.9. The van der Waals surface area contributed by atoms with Crippen LogP contribution in [0.5, 0.6) is 5.75 Å². The van der Waals surface area contributed by atoms with Gasteiger partial charge >= 0.3 is 0 Å². The highest BCUT2D eigenvalue weighted by atomic mass is 79.9. The van der Waals surface area contributed by atoms with Gasteiger partial charge in [-0.05, 0) is 68.0 Å². The van der Waals surface area contributed by atoms with Gasteiger partial charge in [0.15, 0.2) is 6.61 Å². The van der Waals surface area contributed by atoms with E-state index in [9.17, 15) is 14.9 Å².